The maximum Gasteiger partial charge on any atom is 0.265 e. The zero-order valence-electron chi connectivity index (χ0n) is 13.7. The standard InChI is InChI=1S/C18H23NO3S/c1-12(9-13(2)20)11-19-18(21)17-15(22-3)10-16(23-17)14-7-5-4-6-8-14/h4-8,10,12-13,20H,9,11H2,1-3H3,(H,19,21). The highest BCUT2D eigenvalue weighted by atomic mass is 32.1. The van der Waals surface area contributed by atoms with E-state index in [2.05, 4.69) is 5.32 Å². The molecule has 0 aliphatic rings. The molecule has 2 atom stereocenters. The number of carbonyl (C=O) groups is 1. The molecule has 0 fully saturated rings. The molecule has 0 spiro atoms. The van der Waals surface area contributed by atoms with Gasteiger partial charge in [-0.25, -0.2) is 0 Å². The SMILES string of the molecule is COc1cc(-c2ccccc2)sc1C(=O)NCC(C)CC(C)O. The van der Waals surface area contributed by atoms with Crippen LogP contribution in [0.5, 0.6) is 5.75 Å². The van der Waals surface area contributed by atoms with Crippen LogP contribution in [-0.2, 0) is 0 Å². The van der Waals surface area contributed by atoms with Gasteiger partial charge in [-0.2, -0.15) is 0 Å². The van der Waals surface area contributed by atoms with Crippen LogP contribution >= 0.6 is 11.3 Å². The van der Waals surface area contributed by atoms with Crippen molar-refractivity contribution in [2.45, 2.75) is 26.4 Å². The minimum atomic E-state index is -0.358. The first-order valence-electron chi connectivity index (χ1n) is 7.70. The molecular weight excluding hydrogens is 310 g/mol. The van der Waals surface area contributed by atoms with Crippen molar-refractivity contribution in [3.63, 3.8) is 0 Å². The Morgan fingerprint density at radius 2 is 2.00 bits per heavy atom. The van der Waals surface area contributed by atoms with Gasteiger partial charge >= 0.3 is 0 Å². The Kier molecular flexibility index (Phi) is 6.19. The third kappa shape index (κ3) is 4.81. The molecule has 124 valence electrons. The Bertz CT molecular complexity index is 637. The number of aliphatic hydroxyl groups is 1. The average molecular weight is 333 g/mol. The second kappa shape index (κ2) is 8.13. The zero-order chi connectivity index (χ0) is 16.8. The number of carbonyl (C=O) groups excluding carboxylic acids is 1. The summed E-state index contributed by atoms with van der Waals surface area (Å²) >= 11 is 1.42. The van der Waals surface area contributed by atoms with Crippen LogP contribution in [0.25, 0.3) is 10.4 Å². The quantitative estimate of drug-likeness (QED) is 0.814. The fourth-order valence-electron chi connectivity index (χ4n) is 2.44. The van der Waals surface area contributed by atoms with Crippen LogP contribution in [0.2, 0.25) is 0 Å². The lowest BCUT2D eigenvalue weighted by molar-refractivity contribution is 0.0940. The second-order valence-corrected chi connectivity index (χ2v) is 6.83. The van der Waals surface area contributed by atoms with Crippen molar-refractivity contribution in [1.29, 1.82) is 0 Å². The normalized spacial score (nSPS) is 13.4. The molecule has 1 heterocycles. The number of ether oxygens (including phenoxy) is 1. The Morgan fingerprint density at radius 1 is 1.30 bits per heavy atom. The van der Waals surface area contributed by atoms with E-state index in [9.17, 15) is 9.90 Å². The van der Waals surface area contributed by atoms with Gasteiger partial charge in [-0.05, 0) is 30.9 Å². The van der Waals surface area contributed by atoms with Crippen molar-refractivity contribution in [2.24, 2.45) is 5.92 Å². The number of rotatable bonds is 7. The van der Waals surface area contributed by atoms with E-state index >= 15 is 0 Å². The lowest BCUT2D eigenvalue weighted by Gasteiger charge is -2.14. The molecule has 0 bridgehead atoms. The number of methoxy groups -OCH3 is 1. The summed E-state index contributed by atoms with van der Waals surface area (Å²) in [4.78, 5) is 14.0. The van der Waals surface area contributed by atoms with Crippen molar-refractivity contribution < 1.29 is 14.6 Å². The summed E-state index contributed by atoms with van der Waals surface area (Å²) in [5.74, 6) is 0.680. The predicted octanol–water partition coefficient (Wildman–Crippen LogP) is 3.56. The summed E-state index contributed by atoms with van der Waals surface area (Å²) in [7, 11) is 1.57. The van der Waals surface area contributed by atoms with Crippen molar-refractivity contribution >= 4 is 17.2 Å². The van der Waals surface area contributed by atoms with Crippen LogP contribution in [0.3, 0.4) is 0 Å². The van der Waals surface area contributed by atoms with Crippen molar-refractivity contribution in [3.8, 4) is 16.2 Å². The van der Waals surface area contributed by atoms with Gasteiger partial charge in [-0.1, -0.05) is 37.3 Å². The fourth-order valence-corrected chi connectivity index (χ4v) is 3.49. The summed E-state index contributed by atoms with van der Waals surface area (Å²) in [5, 5.41) is 12.3. The molecule has 1 amide bonds. The molecule has 23 heavy (non-hydrogen) atoms. The third-order valence-corrected chi connectivity index (χ3v) is 4.70. The maximum atomic E-state index is 12.4. The number of amides is 1. The maximum absolute atomic E-state index is 12.4. The van der Waals surface area contributed by atoms with Crippen LogP contribution in [0.15, 0.2) is 36.4 Å². The highest BCUT2D eigenvalue weighted by Crippen LogP contribution is 2.36. The molecule has 0 saturated heterocycles. The van der Waals surface area contributed by atoms with E-state index < -0.39 is 0 Å². The summed E-state index contributed by atoms with van der Waals surface area (Å²) in [6.07, 6.45) is 0.305. The molecule has 5 heteroatoms. The first-order valence-corrected chi connectivity index (χ1v) is 8.52. The van der Waals surface area contributed by atoms with E-state index in [1.165, 1.54) is 11.3 Å². The molecule has 0 aliphatic carbocycles. The Labute approximate surface area is 141 Å². The van der Waals surface area contributed by atoms with E-state index in [0.29, 0.717) is 23.6 Å². The van der Waals surface area contributed by atoms with E-state index in [-0.39, 0.29) is 17.9 Å². The highest BCUT2D eigenvalue weighted by molar-refractivity contribution is 7.17. The molecule has 0 saturated carbocycles. The molecule has 2 N–H and O–H groups in total. The van der Waals surface area contributed by atoms with E-state index in [4.69, 9.17) is 4.74 Å². The average Bonchev–Trinajstić information content (AvgIpc) is 2.97. The van der Waals surface area contributed by atoms with E-state index in [1.807, 2.05) is 43.3 Å². The summed E-state index contributed by atoms with van der Waals surface area (Å²) in [6.45, 7) is 4.30. The molecule has 0 aliphatic heterocycles. The first kappa shape index (κ1) is 17.5. The molecule has 0 radical (unpaired) electrons. The van der Waals surface area contributed by atoms with E-state index in [1.54, 1.807) is 14.0 Å². The van der Waals surface area contributed by atoms with Gasteiger partial charge in [0.05, 0.1) is 13.2 Å². The third-order valence-electron chi connectivity index (χ3n) is 3.54. The predicted molar refractivity (Wildman–Crippen MR) is 94.1 cm³/mol. The van der Waals surface area contributed by atoms with Gasteiger partial charge in [-0.15, -0.1) is 11.3 Å². The van der Waals surface area contributed by atoms with Gasteiger partial charge in [-0.3, -0.25) is 4.79 Å². The van der Waals surface area contributed by atoms with Crippen molar-refractivity contribution in [3.05, 3.63) is 41.3 Å². The molecule has 2 rings (SSSR count). The lowest BCUT2D eigenvalue weighted by Crippen LogP contribution is -2.29. The smallest absolute Gasteiger partial charge is 0.265 e. The van der Waals surface area contributed by atoms with Gasteiger partial charge in [0.25, 0.3) is 5.91 Å². The Morgan fingerprint density at radius 3 is 2.61 bits per heavy atom. The summed E-state index contributed by atoms with van der Waals surface area (Å²) < 4.78 is 5.35. The van der Waals surface area contributed by atoms with Gasteiger partial charge < -0.3 is 15.2 Å². The van der Waals surface area contributed by atoms with Gasteiger partial charge in [0.2, 0.25) is 0 Å². The Hall–Kier alpha value is -1.85. The minimum Gasteiger partial charge on any atom is -0.495 e. The number of benzene rings is 1. The minimum absolute atomic E-state index is 0.133. The van der Waals surface area contributed by atoms with Crippen LogP contribution in [0.1, 0.15) is 29.9 Å². The first-order chi connectivity index (χ1) is 11.0. The monoisotopic (exact) mass is 333 g/mol. The number of nitrogens with one attached hydrogen (secondary N) is 1. The number of thiophene rings is 1. The molecule has 4 nitrogen and oxygen atoms in total. The van der Waals surface area contributed by atoms with Gasteiger partial charge in [0, 0.05) is 11.4 Å². The topological polar surface area (TPSA) is 58.6 Å². The fraction of sp³-hybridized carbons (Fsp3) is 0.389. The van der Waals surface area contributed by atoms with Gasteiger partial charge in [0.1, 0.15) is 10.6 Å². The number of hydrogen-bond acceptors (Lipinski definition) is 4. The molecule has 2 unspecified atom stereocenters. The van der Waals surface area contributed by atoms with Crippen molar-refractivity contribution in [2.75, 3.05) is 13.7 Å². The van der Waals surface area contributed by atoms with Crippen LogP contribution in [-0.4, -0.2) is 30.8 Å². The highest BCUT2D eigenvalue weighted by Gasteiger charge is 2.18. The number of aliphatic hydroxyl groups excluding tert-OH is 1. The molecule has 1 aromatic carbocycles. The summed E-state index contributed by atoms with van der Waals surface area (Å²) in [6, 6.07) is 11.8. The molecule has 2 aromatic rings. The largest absolute Gasteiger partial charge is 0.495 e. The van der Waals surface area contributed by atoms with E-state index in [0.717, 1.165) is 10.4 Å². The second-order valence-electron chi connectivity index (χ2n) is 5.77. The van der Waals surface area contributed by atoms with Gasteiger partial charge in [0.15, 0.2) is 0 Å². The molecule has 1 aromatic heterocycles. The Balaban J connectivity index is 2.09. The van der Waals surface area contributed by atoms with Crippen LogP contribution in [0, 0.1) is 5.92 Å². The number of hydrogen-bond donors (Lipinski definition) is 2. The zero-order valence-corrected chi connectivity index (χ0v) is 14.5. The van der Waals surface area contributed by atoms with Crippen LogP contribution < -0.4 is 10.1 Å². The summed E-state index contributed by atoms with van der Waals surface area (Å²) in [5.41, 5.74) is 1.07. The molecular formula is C18H23NO3S. The lowest BCUT2D eigenvalue weighted by atomic mass is 10.0. The van der Waals surface area contributed by atoms with Crippen LogP contribution in [0.4, 0.5) is 0 Å². The van der Waals surface area contributed by atoms with Crippen molar-refractivity contribution in [1.82, 2.24) is 5.32 Å².